The van der Waals surface area contributed by atoms with E-state index in [2.05, 4.69) is 75.5 Å². The molecule has 28 aliphatic carbocycles. The summed E-state index contributed by atoms with van der Waals surface area (Å²) >= 11 is 0. The van der Waals surface area contributed by atoms with Crippen molar-refractivity contribution in [1.82, 2.24) is 0 Å². The molecule has 2 spiro atoms. The van der Waals surface area contributed by atoms with Crippen LogP contribution in [0.25, 0.3) is 0 Å². The van der Waals surface area contributed by atoms with Gasteiger partial charge < -0.3 is 45.2 Å². The van der Waals surface area contributed by atoms with E-state index in [1.54, 1.807) is 0 Å². The van der Waals surface area contributed by atoms with Crippen molar-refractivity contribution in [2.24, 2.45) is 257 Å². The maximum atomic E-state index is 12.3. The number of hydrogen-bond donors (Lipinski definition) is 7. The van der Waals surface area contributed by atoms with Gasteiger partial charge >= 0.3 is 0 Å². The molecule has 0 aromatic heterocycles. The number of carbonyl (C=O) groups is 2. The molecule has 2 saturated heterocycles. The highest BCUT2D eigenvalue weighted by molar-refractivity contribution is 5.87. The van der Waals surface area contributed by atoms with Gasteiger partial charge in [-0.3, -0.25) is 9.59 Å². The van der Waals surface area contributed by atoms with Crippen molar-refractivity contribution in [3.8, 4) is 0 Å². The summed E-state index contributed by atoms with van der Waals surface area (Å²) in [7, 11) is 0. The Morgan fingerprint density at radius 3 is 0.875 bits per heavy atom. The lowest BCUT2D eigenvalue weighted by molar-refractivity contribution is -0.133. The second kappa shape index (κ2) is 40.2. The van der Waals surface area contributed by atoms with Gasteiger partial charge in [0.1, 0.15) is 11.6 Å². The predicted molar refractivity (Wildman–Crippen MR) is 576 cm³/mol. The average Bonchev–Trinajstić information content (AvgIpc) is 1.53. The van der Waals surface area contributed by atoms with E-state index in [0.29, 0.717) is 61.7 Å². The van der Waals surface area contributed by atoms with Crippen LogP contribution in [0.4, 0.5) is 0 Å². The predicted octanol–water partition coefficient (Wildman–Crippen LogP) is 29.1. The molecular formula is C133H212O11. The fourth-order valence-electron chi connectivity index (χ4n) is 48.6. The highest BCUT2D eigenvalue weighted by Crippen LogP contribution is 2.75. The van der Waals surface area contributed by atoms with Crippen LogP contribution in [0.5, 0.6) is 0 Å². The SMILES string of the molecule is C=C(C)[C@@H]1CC[C@@H]2C[C@H]3[C@@H](CC[C@H]4C[C@H](O)CC[C@@H]43)C[C@]21C.C=C1C[C@@H]2C[C@H]3[C@@H](CC[C@H]4C[C@H](O)CC[C@@H]43)C[C@@]2(C)C1.C[C@@H]1CC[C@@H]2C[C@H]3[C@@H](CC[C@H]4C[C@H](O)CC[C@@H]43)C[C@]21C.C[C@@]12C[C@@H]3CC[C@@H]4C[C@H](O)CC[C@@H]4[C@H]3C[C@H]1CCC2=O.C[C@@]12C[C@@H]3CC[C@@H]4C[C@H](O)CC[C@@H]4[C@H]3C[C@H]1CC[C@]21CO1.C[C@@]12C[C@@H]3CC[C@H]4C[C@H](O)CC[C@@H]4[C@H]3C[C@H]1CCC2=O.C[C@@]12C[C@@H]3CC[C@H]4C[C@H](O)CC[C@@H]4[C@H]3C[C@H]1CC[C@]21CO1. The lowest BCUT2D eigenvalue weighted by Crippen LogP contribution is -2.49. The topological polar surface area (TPSA) is 201 Å². The lowest BCUT2D eigenvalue weighted by atomic mass is 9.50. The summed E-state index contributed by atoms with van der Waals surface area (Å²) < 4.78 is 12.0. The third-order valence-corrected chi connectivity index (χ3v) is 56.8. The maximum Gasteiger partial charge on any atom is 0.139 e. The molecular weight excluding hydrogens is 1770 g/mol. The zero-order valence-electron chi connectivity index (χ0n) is 93.0. The van der Waals surface area contributed by atoms with Gasteiger partial charge in [-0.05, 0) is 634 Å². The van der Waals surface area contributed by atoms with Crippen LogP contribution in [0.3, 0.4) is 0 Å². The van der Waals surface area contributed by atoms with Crippen LogP contribution in [0.2, 0.25) is 0 Å². The zero-order chi connectivity index (χ0) is 99.6. The monoisotopic (exact) mass is 1990 g/mol. The van der Waals surface area contributed by atoms with Crippen LogP contribution in [0.1, 0.15) is 467 Å². The van der Waals surface area contributed by atoms with Gasteiger partial charge in [0.25, 0.3) is 0 Å². The quantitative estimate of drug-likeness (QED) is 0.0973. The largest absolute Gasteiger partial charge is 0.393 e. The van der Waals surface area contributed by atoms with E-state index in [1.165, 1.54) is 300 Å². The molecule has 30 fully saturated rings. The fourth-order valence-corrected chi connectivity index (χ4v) is 48.6. The molecule has 0 aromatic rings. The first-order valence-electron chi connectivity index (χ1n) is 64.4. The van der Waals surface area contributed by atoms with Gasteiger partial charge in [-0.1, -0.05) is 79.7 Å². The molecule has 30 rings (SSSR count). The minimum Gasteiger partial charge on any atom is -0.393 e. The minimum atomic E-state index is -0.0327. The molecule has 11 heteroatoms. The summed E-state index contributed by atoms with van der Waals surface area (Å²) in [6.07, 6.45) is 81.1. The van der Waals surface area contributed by atoms with E-state index in [4.69, 9.17) is 9.47 Å². The third-order valence-electron chi connectivity index (χ3n) is 56.8. The standard InChI is InChI=1S/C21H34O.2C19H30O2.C19H32O.C19H30O.2C18H28O2/c1-13(2)20-9-6-16-11-19-15(12-21(16,20)3)5-4-14-10-17(22)7-8-18(14)19;2*1-18-10-13-3-2-12-8-15(20)4-5-16(12)17(13)9-14(18)6-7-19(18)11-21-19;1-12-3-6-15-10-18-14(11-19(12,15)2)5-4-13-9-16(20)7-8-17(13)18;1-12-7-15-9-18-14(11-19(15,2)10-12)4-3-13-8-16(20)5-6-17(13)18;2*1-18-10-12-3-2-11-8-14(19)5-6-15(11)16(12)9-13(18)4-7-17(18)20/h14-20,22H,1,4-12H2,2-3H3;2*12-17,20H,2-11H2,1H3;12-18,20H,3-11H2,1-2H3;13-18,20H,1,3-11H2,2H3;2*11-16,19H,2-10H2,1H3/t14-,15-,16+,17+,18-,19-,20-,21+;12-,13+,14-,15-,16+,17+,18-,19+;12-,13-,14+,15+,16-,17-,18+,19-;12-,13+,14+,15-,16-,17+,18+,19+;13-,14-,15+,16+,17-,18-,19+;11-,12+,13-,14-,15+,16+,18-;11-,12-,13+,14+,15-,16-,18+/m0101010/s1. The first-order chi connectivity index (χ1) is 69.0. The van der Waals surface area contributed by atoms with Crippen molar-refractivity contribution in [3.05, 3.63) is 24.3 Å². The van der Waals surface area contributed by atoms with E-state index in [-0.39, 0.29) is 53.6 Å². The Balaban J connectivity index is 0.0000000904. The van der Waals surface area contributed by atoms with Gasteiger partial charge in [0.15, 0.2) is 0 Å². The molecule has 11 nitrogen and oxygen atoms in total. The highest BCUT2D eigenvalue weighted by Gasteiger charge is 2.72. The normalized spacial score (nSPS) is 57.4. The van der Waals surface area contributed by atoms with E-state index in [0.717, 1.165) is 336 Å². The number of ketones is 2. The van der Waals surface area contributed by atoms with Gasteiger partial charge in [0, 0.05) is 34.5 Å². The maximum absolute atomic E-state index is 12.3. The summed E-state index contributed by atoms with van der Waals surface area (Å²) in [4.78, 5) is 24.6. The lowest BCUT2D eigenvalue weighted by Gasteiger charge is -2.55. The molecule has 30 aliphatic rings. The van der Waals surface area contributed by atoms with Crippen LogP contribution >= 0.6 is 0 Å². The van der Waals surface area contributed by atoms with Crippen LogP contribution in [-0.4, -0.2) is 114 Å². The van der Waals surface area contributed by atoms with Crippen molar-refractivity contribution in [3.63, 3.8) is 0 Å². The van der Waals surface area contributed by atoms with Crippen molar-refractivity contribution >= 4 is 11.6 Å². The first-order valence-corrected chi connectivity index (χ1v) is 64.4. The van der Waals surface area contributed by atoms with Gasteiger partial charge in [-0.15, -0.1) is 0 Å². The molecule has 28 saturated carbocycles. The van der Waals surface area contributed by atoms with E-state index >= 15 is 0 Å². The van der Waals surface area contributed by atoms with E-state index in [1.807, 2.05) is 0 Å². The molecule has 144 heavy (non-hydrogen) atoms. The molecule has 0 unspecified atom stereocenters. The Morgan fingerprint density at radius 2 is 0.549 bits per heavy atom. The number of rotatable bonds is 1. The molecule has 0 radical (unpaired) electrons. The molecule has 810 valence electrons. The summed E-state index contributed by atoms with van der Waals surface area (Å²) in [6.45, 7) is 32.9. The molecule has 0 bridgehead atoms. The Hall–Kier alpha value is -1.54. The third kappa shape index (κ3) is 18.7. The first kappa shape index (κ1) is 104. The second-order valence-corrected chi connectivity index (χ2v) is 62.7. The van der Waals surface area contributed by atoms with E-state index in [9.17, 15) is 45.3 Å². The molecule has 53 atom stereocenters. The number of Topliss-reactive ketones (excluding diaryl/α,β-unsaturated/α-hetero) is 2. The fraction of sp³-hybridized carbons (Fsp3) is 0.955. The molecule has 2 heterocycles. The van der Waals surface area contributed by atoms with Crippen molar-refractivity contribution < 1.29 is 54.8 Å². The number of aliphatic hydroxyl groups is 7. The Morgan fingerprint density at radius 1 is 0.278 bits per heavy atom. The smallest absolute Gasteiger partial charge is 0.139 e. The minimum absolute atomic E-state index is 0.00549. The number of carbonyl (C=O) groups excluding carboxylic acids is 2. The Bertz CT molecular complexity index is 4330. The van der Waals surface area contributed by atoms with Crippen molar-refractivity contribution in [2.45, 2.75) is 521 Å². The summed E-state index contributed by atoms with van der Waals surface area (Å²) in [5.41, 5.74) is 6.43. The summed E-state index contributed by atoms with van der Waals surface area (Å²) in [6, 6.07) is 0. The number of ether oxygens (including phenoxy) is 2. The molecule has 0 amide bonds. The molecule has 2 aliphatic heterocycles. The highest BCUT2D eigenvalue weighted by atomic mass is 16.6. The summed E-state index contributed by atoms with van der Waals surface area (Å²) in [5.74, 6) is 34.3. The van der Waals surface area contributed by atoms with Crippen LogP contribution < -0.4 is 0 Å². The summed E-state index contributed by atoms with van der Waals surface area (Å²) in [5, 5.41) is 69.8. The van der Waals surface area contributed by atoms with Gasteiger partial charge in [-0.25, -0.2) is 0 Å². The second-order valence-electron chi connectivity index (χ2n) is 62.7. The van der Waals surface area contributed by atoms with Gasteiger partial charge in [-0.2, -0.15) is 0 Å². The van der Waals surface area contributed by atoms with Crippen LogP contribution in [0, 0.1) is 257 Å². The number of allylic oxidation sites excluding steroid dienone is 2. The average molecular weight is 1990 g/mol. The van der Waals surface area contributed by atoms with E-state index < -0.39 is 0 Å². The Kier molecular flexibility index (Phi) is 29.1. The van der Waals surface area contributed by atoms with Crippen LogP contribution in [-0.2, 0) is 19.1 Å². The van der Waals surface area contributed by atoms with Gasteiger partial charge in [0.2, 0.25) is 0 Å². The zero-order valence-corrected chi connectivity index (χ0v) is 93.0. The Labute approximate surface area is 876 Å². The molecule has 0 aromatic carbocycles. The number of hydrogen-bond acceptors (Lipinski definition) is 11. The number of epoxide rings is 2. The number of fused-ring (bicyclic) bond motifs is 30. The molecule has 7 N–H and O–H groups in total. The van der Waals surface area contributed by atoms with Crippen LogP contribution in [0.15, 0.2) is 24.3 Å². The number of aliphatic hydroxyl groups excluding tert-OH is 7. The van der Waals surface area contributed by atoms with Crippen molar-refractivity contribution in [2.75, 3.05) is 13.2 Å². The van der Waals surface area contributed by atoms with Gasteiger partial charge in [0.05, 0.1) is 67.1 Å². The van der Waals surface area contributed by atoms with Crippen molar-refractivity contribution in [1.29, 1.82) is 0 Å².